The number of aromatic nitrogens is 3. The molecule has 0 fully saturated rings. The number of nitrogens with zero attached hydrogens (tertiary/aromatic N) is 2. The number of nitrogens with one attached hydrogen (secondary N) is 1. The van der Waals surface area contributed by atoms with E-state index in [1.807, 2.05) is 30.3 Å². The van der Waals surface area contributed by atoms with Gasteiger partial charge in [-0.3, -0.25) is 9.78 Å². The number of hydrogen-bond acceptors (Lipinski definition) is 3. The highest BCUT2D eigenvalue weighted by atomic mass is 16.1. The second-order valence-corrected chi connectivity index (χ2v) is 3.72. The lowest BCUT2D eigenvalue weighted by molar-refractivity contribution is 0.995. The van der Waals surface area contributed by atoms with Crippen LogP contribution in [0.5, 0.6) is 0 Å². The molecule has 0 aliphatic carbocycles. The van der Waals surface area contributed by atoms with Crippen molar-refractivity contribution in [1.82, 2.24) is 15.2 Å². The molecule has 4 nitrogen and oxygen atoms in total. The van der Waals surface area contributed by atoms with Crippen molar-refractivity contribution in [2.75, 3.05) is 0 Å². The van der Waals surface area contributed by atoms with Gasteiger partial charge in [0.1, 0.15) is 0 Å². The van der Waals surface area contributed by atoms with Crippen molar-refractivity contribution in [2.45, 2.75) is 0 Å². The minimum Gasteiger partial charge on any atom is -0.268 e. The van der Waals surface area contributed by atoms with Crippen molar-refractivity contribution in [3.8, 4) is 11.3 Å². The second kappa shape index (κ2) is 3.83. The summed E-state index contributed by atoms with van der Waals surface area (Å²) in [5.74, 6) is 0. The summed E-state index contributed by atoms with van der Waals surface area (Å²) in [5, 5.41) is 7.48. The topological polar surface area (TPSA) is 58.6 Å². The summed E-state index contributed by atoms with van der Waals surface area (Å²) >= 11 is 0. The molecule has 17 heavy (non-hydrogen) atoms. The van der Waals surface area contributed by atoms with Crippen LogP contribution in [0.15, 0.2) is 53.5 Å². The van der Waals surface area contributed by atoms with Crippen LogP contribution >= 0.6 is 0 Å². The van der Waals surface area contributed by atoms with Gasteiger partial charge in [0.15, 0.2) is 0 Å². The Kier molecular flexibility index (Phi) is 2.19. The third kappa shape index (κ3) is 1.80. The quantitative estimate of drug-likeness (QED) is 0.686. The van der Waals surface area contributed by atoms with Gasteiger partial charge in [-0.2, -0.15) is 5.10 Å². The third-order valence-electron chi connectivity index (χ3n) is 2.58. The molecule has 0 saturated heterocycles. The number of hydrogen-bond donors (Lipinski definition) is 1. The number of aromatic amines is 1. The maximum Gasteiger partial charge on any atom is 0.264 e. The van der Waals surface area contributed by atoms with Gasteiger partial charge in [-0.15, -0.1) is 0 Å². The Bertz CT molecular complexity index is 713. The van der Waals surface area contributed by atoms with E-state index in [9.17, 15) is 4.79 Å². The largest absolute Gasteiger partial charge is 0.268 e. The van der Waals surface area contributed by atoms with E-state index in [2.05, 4.69) is 15.2 Å². The van der Waals surface area contributed by atoms with Crippen molar-refractivity contribution in [3.05, 3.63) is 59.0 Å². The van der Waals surface area contributed by atoms with Gasteiger partial charge in [0, 0.05) is 23.2 Å². The van der Waals surface area contributed by atoms with Gasteiger partial charge in [-0.05, 0) is 24.3 Å². The monoisotopic (exact) mass is 223 g/mol. The molecular weight excluding hydrogens is 214 g/mol. The van der Waals surface area contributed by atoms with Crippen LogP contribution in [0, 0.1) is 0 Å². The Hall–Kier alpha value is -2.49. The van der Waals surface area contributed by atoms with E-state index in [1.165, 1.54) is 6.07 Å². The number of fused-ring (bicyclic) bond motifs is 1. The van der Waals surface area contributed by atoms with Crippen LogP contribution in [0.4, 0.5) is 0 Å². The summed E-state index contributed by atoms with van der Waals surface area (Å²) in [6.45, 7) is 0. The molecular formula is C13H9N3O. The number of benzene rings is 1. The molecule has 0 radical (unpaired) electrons. The number of rotatable bonds is 1. The average molecular weight is 223 g/mol. The molecule has 0 atom stereocenters. The molecule has 3 rings (SSSR count). The van der Waals surface area contributed by atoms with Crippen LogP contribution in [-0.2, 0) is 0 Å². The first-order valence-electron chi connectivity index (χ1n) is 5.24. The van der Waals surface area contributed by atoms with Crippen molar-refractivity contribution in [2.24, 2.45) is 0 Å². The highest BCUT2D eigenvalue weighted by Gasteiger charge is 2.01. The van der Waals surface area contributed by atoms with Crippen molar-refractivity contribution >= 4 is 10.9 Å². The van der Waals surface area contributed by atoms with Crippen LogP contribution < -0.4 is 5.56 Å². The standard InChI is InChI=1S/C13H9N3O/c17-13-6-5-12(15-16-13)10-3-4-11-9(8-10)2-1-7-14-11/h1-8H,(H,16,17). The van der Waals surface area contributed by atoms with Crippen molar-refractivity contribution in [1.29, 1.82) is 0 Å². The van der Waals surface area contributed by atoms with Gasteiger partial charge in [0.2, 0.25) is 0 Å². The minimum absolute atomic E-state index is 0.198. The van der Waals surface area contributed by atoms with Gasteiger partial charge in [0.25, 0.3) is 5.56 Å². The molecule has 0 spiro atoms. The molecule has 0 aliphatic rings. The number of H-pyrrole nitrogens is 1. The van der Waals surface area contributed by atoms with Crippen LogP contribution in [0.3, 0.4) is 0 Å². The van der Waals surface area contributed by atoms with E-state index in [-0.39, 0.29) is 5.56 Å². The molecule has 2 heterocycles. The zero-order chi connectivity index (χ0) is 11.7. The molecule has 4 heteroatoms. The Balaban J connectivity index is 2.17. The lowest BCUT2D eigenvalue weighted by atomic mass is 10.1. The van der Waals surface area contributed by atoms with Gasteiger partial charge < -0.3 is 0 Å². The second-order valence-electron chi connectivity index (χ2n) is 3.72. The Labute approximate surface area is 97.0 Å². The van der Waals surface area contributed by atoms with E-state index in [4.69, 9.17) is 0 Å². The van der Waals surface area contributed by atoms with E-state index in [1.54, 1.807) is 12.3 Å². The van der Waals surface area contributed by atoms with Crippen LogP contribution in [-0.4, -0.2) is 15.2 Å². The summed E-state index contributed by atoms with van der Waals surface area (Å²) in [4.78, 5) is 15.2. The van der Waals surface area contributed by atoms with E-state index >= 15 is 0 Å². The maximum atomic E-state index is 10.9. The lowest BCUT2D eigenvalue weighted by Crippen LogP contribution is -2.05. The highest BCUT2D eigenvalue weighted by Crippen LogP contribution is 2.20. The van der Waals surface area contributed by atoms with Crippen LogP contribution in [0.25, 0.3) is 22.2 Å². The highest BCUT2D eigenvalue weighted by molar-refractivity contribution is 5.83. The minimum atomic E-state index is -0.198. The molecule has 2 aromatic heterocycles. The fourth-order valence-corrected chi connectivity index (χ4v) is 1.74. The van der Waals surface area contributed by atoms with E-state index < -0.39 is 0 Å². The summed E-state index contributed by atoms with van der Waals surface area (Å²) in [5.41, 5.74) is 2.45. The molecule has 0 saturated carbocycles. The van der Waals surface area contributed by atoms with Gasteiger partial charge in [-0.25, -0.2) is 5.10 Å². The molecule has 0 unspecified atom stereocenters. The maximum absolute atomic E-state index is 10.9. The van der Waals surface area contributed by atoms with E-state index in [0.717, 1.165) is 22.2 Å². The first kappa shape index (κ1) is 9.72. The molecule has 1 N–H and O–H groups in total. The number of pyridine rings is 1. The molecule has 0 aliphatic heterocycles. The SMILES string of the molecule is O=c1ccc(-c2ccc3ncccc3c2)n[nH]1. The third-order valence-corrected chi connectivity index (χ3v) is 2.58. The fraction of sp³-hybridized carbons (Fsp3) is 0. The van der Waals surface area contributed by atoms with Crippen LogP contribution in [0.1, 0.15) is 0 Å². The van der Waals surface area contributed by atoms with Gasteiger partial charge in [-0.1, -0.05) is 12.1 Å². The predicted molar refractivity (Wildman–Crippen MR) is 65.6 cm³/mol. The first-order chi connectivity index (χ1) is 8.33. The normalized spacial score (nSPS) is 10.6. The molecule has 0 bridgehead atoms. The summed E-state index contributed by atoms with van der Waals surface area (Å²) < 4.78 is 0. The molecule has 3 aromatic rings. The molecule has 0 amide bonds. The zero-order valence-corrected chi connectivity index (χ0v) is 8.92. The Morgan fingerprint density at radius 1 is 1.06 bits per heavy atom. The first-order valence-corrected chi connectivity index (χ1v) is 5.24. The summed E-state index contributed by atoms with van der Waals surface area (Å²) in [6, 6.07) is 13.0. The average Bonchev–Trinajstić information content (AvgIpc) is 2.39. The van der Waals surface area contributed by atoms with Crippen molar-refractivity contribution in [3.63, 3.8) is 0 Å². The smallest absolute Gasteiger partial charge is 0.264 e. The van der Waals surface area contributed by atoms with Gasteiger partial charge in [0.05, 0.1) is 11.2 Å². The van der Waals surface area contributed by atoms with Gasteiger partial charge >= 0.3 is 0 Å². The molecule has 1 aromatic carbocycles. The summed E-state index contributed by atoms with van der Waals surface area (Å²) in [7, 11) is 0. The summed E-state index contributed by atoms with van der Waals surface area (Å²) in [6.07, 6.45) is 1.76. The molecule has 82 valence electrons. The lowest BCUT2D eigenvalue weighted by Gasteiger charge is -2.01. The fourth-order valence-electron chi connectivity index (χ4n) is 1.74. The van der Waals surface area contributed by atoms with E-state index in [0.29, 0.717) is 0 Å². The van der Waals surface area contributed by atoms with Crippen LogP contribution in [0.2, 0.25) is 0 Å². The van der Waals surface area contributed by atoms with Crippen molar-refractivity contribution < 1.29 is 0 Å². The Morgan fingerprint density at radius 3 is 2.82 bits per heavy atom. The Morgan fingerprint density at radius 2 is 2.00 bits per heavy atom. The zero-order valence-electron chi connectivity index (χ0n) is 8.92. The predicted octanol–water partition coefficient (Wildman–Crippen LogP) is 1.99.